The summed E-state index contributed by atoms with van der Waals surface area (Å²) >= 11 is 5.99. The zero-order valence-corrected chi connectivity index (χ0v) is 17.9. The van der Waals surface area contributed by atoms with Crippen molar-refractivity contribution in [2.75, 3.05) is 18.4 Å². The van der Waals surface area contributed by atoms with Crippen LogP contribution in [0.5, 0.6) is 0 Å². The maximum Gasteiger partial charge on any atom is 0.168 e. The van der Waals surface area contributed by atoms with Gasteiger partial charge in [-0.2, -0.15) is 0 Å². The van der Waals surface area contributed by atoms with Crippen LogP contribution in [0.1, 0.15) is 18.5 Å². The molecule has 2 aliphatic rings. The molecule has 9 heteroatoms. The number of nitrogens with zero attached hydrogens (tertiary/aromatic N) is 4. The number of likely N-dealkylation sites (tertiary alicyclic amines) is 1. The van der Waals surface area contributed by atoms with Crippen LogP contribution >= 0.6 is 11.6 Å². The molecule has 1 aromatic carbocycles. The summed E-state index contributed by atoms with van der Waals surface area (Å²) < 4.78 is 40.9. The smallest absolute Gasteiger partial charge is 0.168 e. The zero-order chi connectivity index (χ0) is 22.2. The Bertz CT molecular complexity index is 1110. The molecule has 0 amide bonds. The second kappa shape index (κ2) is 8.67. The summed E-state index contributed by atoms with van der Waals surface area (Å²) in [6, 6.07) is 10.6. The summed E-state index contributed by atoms with van der Waals surface area (Å²) in [6.45, 7) is 2.84. The van der Waals surface area contributed by atoms with E-state index in [1.165, 1.54) is 6.07 Å². The van der Waals surface area contributed by atoms with E-state index < -0.39 is 17.5 Å². The number of hydrogen-bond donors (Lipinski definition) is 1. The molecule has 3 heterocycles. The van der Waals surface area contributed by atoms with Crippen molar-refractivity contribution in [1.29, 1.82) is 0 Å². The Balaban J connectivity index is 1.18. The minimum absolute atomic E-state index is 0.0833. The fourth-order valence-corrected chi connectivity index (χ4v) is 5.10. The van der Waals surface area contributed by atoms with Crippen LogP contribution in [0.15, 0.2) is 42.5 Å². The monoisotopic (exact) mass is 459 g/mol. The zero-order valence-electron chi connectivity index (χ0n) is 17.1. The van der Waals surface area contributed by atoms with Crippen molar-refractivity contribution in [3.63, 3.8) is 0 Å². The first-order chi connectivity index (χ1) is 15.4. The highest BCUT2D eigenvalue weighted by atomic mass is 35.5. The Morgan fingerprint density at radius 2 is 1.78 bits per heavy atom. The third-order valence-corrected chi connectivity index (χ3v) is 6.48. The van der Waals surface area contributed by atoms with Gasteiger partial charge < -0.3 is 5.32 Å². The lowest BCUT2D eigenvalue weighted by molar-refractivity contribution is 0.297. The van der Waals surface area contributed by atoms with Gasteiger partial charge >= 0.3 is 0 Å². The first-order valence-corrected chi connectivity index (χ1v) is 10.9. The minimum Gasteiger partial charge on any atom is -0.366 e. The quantitative estimate of drug-likeness (QED) is 0.433. The Morgan fingerprint density at radius 1 is 1.00 bits per heavy atom. The Morgan fingerprint density at radius 3 is 2.47 bits per heavy atom. The highest BCUT2D eigenvalue weighted by molar-refractivity contribution is 6.29. The molecule has 1 aliphatic heterocycles. The van der Waals surface area contributed by atoms with Gasteiger partial charge in [0.25, 0.3) is 0 Å². The molecule has 2 aromatic heterocycles. The van der Waals surface area contributed by atoms with Crippen molar-refractivity contribution in [3.05, 3.63) is 70.8 Å². The van der Waals surface area contributed by atoms with Crippen LogP contribution in [-0.2, 0) is 6.54 Å². The molecule has 0 spiro atoms. The molecular weight excluding hydrogens is 439 g/mol. The number of rotatable bonds is 5. The maximum atomic E-state index is 14.0. The van der Waals surface area contributed by atoms with E-state index in [0.29, 0.717) is 28.9 Å². The van der Waals surface area contributed by atoms with Crippen molar-refractivity contribution in [3.8, 4) is 11.3 Å². The van der Waals surface area contributed by atoms with E-state index in [-0.39, 0.29) is 17.3 Å². The topological polar surface area (TPSA) is 53.9 Å². The third kappa shape index (κ3) is 4.42. The van der Waals surface area contributed by atoms with E-state index in [4.69, 9.17) is 11.6 Å². The number of anilines is 1. The molecule has 3 aromatic rings. The molecule has 0 unspecified atom stereocenters. The van der Waals surface area contributed by atoms with Crippen molar-refractivity contribution in [2.45, 2.75) is 25.4 Å². The van der Waals surface area contributed by atoms with Gasteiger partial charge in [-0.3, -0.25) is 4.90 Å². The Hall–Kier alpha value is -2.71. The average molecular weight is 460 g/mol. The van der Waals surface area contributed by atoms with Crippen molar-refractivity contribution >= 4 is 17.4 Å². The van der Waals surface area contributed by atoms with Gasteiger partial charge in [-0.05, 0) is 55.0 Å². The van der Waals surface area contributed by atoms with Gasteiger partial charge in [0.2, 0.25) is 0 Å². The van der Waals surface area contributed by atoms with Gasteiger partial charge in [0.05, 0.1) is 11.4 Å². The van der Waals surface area contributed by atoms with E-state index in [1.54, 1.807) is 12.1 Å². The van der Waals surface area contributed by atoms with Crippen LogP contribution in [0.2, 0.25) is 5.15 Å². The maximum absolute atomic E-state index is 14.0. The summed E-state index contributed by atoms with van der Waals surface area (Å²) in [5.74, 6) is -1.48. The van der Waals surface area contributed by atoms with Gasteiger partial charge in [0, 0.05) is 37.3 Å². The van der Waals surface area contributed by atoms with Crippen LogP contribution < -0.4 is 5.32 Å². The average Bonchev–Trinajstić information content (AvgIpc) is 3.29. The van der Waals surface area contributed by atoms with Crippen molar-refractivity contribution in [1.82, 2.24) is 20.1 Å². The van der Waals surface area contributed by atoms with Crippen LogP contribution in [0.25, 0.3) is 11.3 Å². The molecular formula is C23H21ClF3N5. The molecule has 5 rings (SSSR count). The van der Waals surface area contributed by atoms with Gasteiger partial charge in [-0.1, -0.05) is 17.7 Å². The molecule has 3 atom stereocenters. The molecule has 1 saturated heterocycles. The summed E-state index contributed by atoms with van der Waals surface area (Å²) in [5, 5.41) is 12.0. The highest BCUT2D eigenvalue weighted by Crippen LogP contribution is 2.39. The molecule has 0 radical (unpaired) electrons. The number of fused-ring (bicyclic) bond motifs is 1. The number of benzene rings is 1. The van der Waals surface area contributed by atoms with E-state index in [9.17, 15) is 13.2 Å². The lowest BCUT2D eigenvalue weighted by Crippen LogP contribution is -2.25. The van der Waals surface area contributed by atoms with Crippen LogP contribution in [-0.4, -0.2) is 39.2 Å². The normalized spacial score (nSPS) is 22.8. The lowest BCUT2D eigenvalue weighted by atomic mass is 10.0. The lowest BCUT2D eigenvalue weighted by Gasteiger charge is -2.19. The van der Waals surface area contributed by atoms with E-state index >= 15 is 0 Å². The third-order valence-electron chi connectivity index (χ3n) is 6.27. The SMILES string of the molecule is Fc1cc(F)c(F)c(-c2ccc(N[C@H]3C[C@@H]4CN(Cc5cccc(Cl)n5)C[C@@H]4C3)nn2)c1. The number of aromatic nitrogens is 3. The number of nitrogens with one attached hydrogen (secondary N) is 1. The van der Waals surface area contributed by atoms with E-state index in [0.717, 1.165) is 44.2 Å². The summed E-state index contributed by atoms with van der Waals surface area (Å²) in [7, 11) is 0. The van der Waals surface area contributed by atoms with Gasteiger partial charge in [-0.25, -0.2) is 18.2 Å². The van der Waals surface area contributed by atoms with Crippen molar-refractivity contribution < 1.29 is 13.2 Å². The first kappa shape index (κ1) is 21.2. The van der Waals surface area contributed by atoms with Gasteiger partial charge in [0.15, 0.2) is 11.6 Å². The van der Waals surface area contributed by atoms with E-state index in [2.05, 4.69) is 25.4 Å². The molecule has 0 bridgehead atoms. The van der Waals surface area contributed by atoms with Gasteiger partial charge in [0.1, 0.15) is 16.8 Å². The molecule has 32 heavy (non-hydrogen) atoms. The largest absolute Gasteiger partial charge is 0.366 e. The summed E-state index contributed by atoms with van der Waals surface area (Å²) in [4.78, 5) is 6.80. The number of halogens is 4. The first-order valence-electron chi connectivity index (χ1n) is 10.5. The predicted molar refractivity (Wildman–Crippen MR) is 115 cm³/mol. The van der Waals surface area contributed by atoms with Crippen LogP contribution in [0, 0.1) is 29.3 Å². The second-order valence-corrected chi connectivity index (χ2v) is 8.92. The second-order valence-electron chi connectivity index (χ2n) is 8.53. The fourth-order valence-electron chi connectivity index (χ4n) is 4.92. The number of pyridine rings is 1. The Kier molecular flexibility index (Phi) is 5.73. The van der Waals surface area contributed by atoms with Crippen LogP contribution in [0.4, 0.5) is 19.0 Å². The van der Waals surface area contributed by atoms with E-state index in [1.807, 2.05) is 12.1 Å². The highest BCUT2D eigenvalue weighted by Gasteiger charge is 2.40. The summed E-state index contributed by atoms with van der Waals surface area (Å²) in [6.07, 6.45) is 2.05. The molecule has 1 N–H and O–H groups in total. The Labute approximate surface area is 188 Å². The predicted octanol–water partition coefficient (Wildman–Crippen LogP) is 4.93. The molecule has 166 valence electrons. The van der Waals surface area contributed by atoms with Crippen molar-refractivity contribution in [2.24, 2.45) is 11.8 Å². The summed E-state index contributed by atoms with van der Waals surface area (Å²) in [5.41, 5.74) is 0.823. The minimum atomic E-state index is -1.25. The van der Waals surface area contributed by atoms with Gasteiger partial charge in [-0.15, -0.1) is 10.2 Å². The molecule has 1 saturated carbocycles. The fraction of sp³-hybridized carbons (Fsp3) is 0.348. The standard InChI is InChI=1S/C23H21ClF3N5/c24-21-3-1-2-16(28-21)12-32-10-13-6-17(7-14(13)11-32)29-22-5-4-20(30-31-22)18-8-15(25)9-19(26)23(18)27/h1-5,8-9,13-14,17H,6-7,10-12H2,(H,29,31)/t13-,14+,17+. The number of hydrogen-bond acceptors (Lipinski definition) is 5. The molecule has 2 fully saturated rings. The molecule has 5 nitrogen and oxygen atoms in total. The van der Waals surface area contributed by atoms with Crippen LogP contribution in [0.3, 0.4) is 0 Å². The molecule has 1 aliphatic carbocycles.